The number of carboxylic acids is 1. The predicted octanol–water partition coefficient (Wildman–Crippen LogP) is 5.72. The van der Waals surface area contributed by atoms with Gasteiger partial charge in [0.1, 0.15) is 0 Å². The average Bonchev–Trinajstić information content (AvgIpc) is 2.73. The summed E-state index contributed by atoms with van der Waals surface area (Å²) in [5, 5.41) is 10.2. The summed E-state index contributed by atoms with van der Waals surface area (Å²) in [6.07, 6.45) is 1.80. The molecule has 0 aliphatic rings. The summed E-state index contributed by atoms with van der Waals surface area (Å²) in [5.74, 6) is -0.746. The molecule has 0 fully saturated rings. The molecule has 3 aromatic carbocycles. The van der Waals surface area contributed by atoms with E-state index in [0.29, 0.717) is 0 Å². The first-order valence-corrected chi connectivity index (χ1v) is 14.3. The van der Waals surface area contributed by atoms with E-state index < -0.39 is 11.3 Å². The first-order valence-electron chi connectivity index (χ1n) is 9.88. The van der Waals surface area contributed by atoms with Crippen LogP contribution < -0.4 is 15.9 Å². The maximum absolute atomic E-state index is 11.4. The van der Waals surface area contributed by atoms with Gasteiger partial charge in [0.15, 0.2) is 0 Å². The van der Waals surface area contributed by atoms with Crippen LogP contribution in [0.1, 0.15) is 26.7 Å². The van der Waals surface area contributed by atoms with Gasteiger partial charge in [0.25, 0.3) is 0 Å². The zero-order valence-corrected chi connectivity index (χ0v) is 19.4. The van der Waals surface area contributed by atoms with E-state index in [1.165, 1.54) is 15.9 Å². The van der Waals surface area contributed by atoms with Crippen molar-refractivity contribution >= 4 is 42.7 Å². The number of aliphatic carboxylic acids is 1. The van der Waals surface area contributed by atoms with Crippen LogP contribution >= 0.6 is 20.8 Å². The first kappa shape index (κ1) is 21.7. The molecule has 0 heterocycles. The Morgan fingerprint density at radius 3 is 1.45 bits per heavy atom. The van der Waals surface area contributed by atoms with Crippen molar-refractivity contribution in [3.05, 3.63) is 91.0 Å². The molecule has 0 unspecified atom stereocenters. The monoisotopic (exact) mass is 470 g/mol. The number of benzene rings is 3. The van der Waals surface area contributed by atoms with Gasteiger partial charge in [-0.05, 0) is 0 Å². The van der Waals surface area contributed by atoms with E-state index in [1.54, 1.807) is 0 Å². The molecule has 0 saturated heterocycles. The van der Waals surface area contributed by atoms with Gasteiger partial charge in [-0.2, -0.15) is 0 Å². The van der Waals surface area contributed by atoms with E-state index in [2.05, 4.69) is 102 Å². The van der Waals surface area contributed by atoms with Crippen LogP contribution in [0.25, 0.3) is 0 Å². The molecule has 152 valence electrons. The van der Waals surface area contributed by atoms with Crippen molar-refractivity contribution in [3.8, 4) is 0 Å². The van der Waals surface area contributed by atoms with Gasteiger partial charge >= 0.3 is 182 Å². The van der Waals surface area contributed by atoms with Gasteiger partial charge in [0, 0.05) is 0 Å². The van der Waals surface area contributed by atoms with Crippen molar-refractivity contribution in [1.29, 1.82) is 0 Å². The summed E-state index contributed by atoms with van der Waals surface area (Å²) >= 11 is 4.42. The fraction of sp³-hybridized carbons (Fsp3) is 0.240. The normalized spacial score (nSPS) is 13.4. The fourth-order valence-electron chi connectivity index (χ4n) is 4.06. The molecule has 0 aliphatic carbocycles. The molecule has 0 amide bonds. The first-order chi connectivity index (χ1) is 13.8. The second-order valence-corrected chi connectivity index (χ2v) is 17.5. The van der Waals surface area contributed by atoms with Gasteiger partial charge in [-0.25, -0.2) is 0 Å². The molecule has 2 nitrogen and oxygen atoms in total. The number of rotatable bonds is 8. The number of carboxylic acid groups (broad SMARTS) is 1. The van der Waals surface area contributed by atoms with Gasteiger partial charge in [0.05, 0.1) is 0 Å². The molecular formula is C25H28BrO2P. The quantitative estimate of drug-likeness (QED) is 0.427. The summed E-state index contributed by atoms with van der Waals surface area (Å²) in [5.41, 5.74) is -0.304. The SMILES string of the molecule is CC(C)(CCP(Br)(c1ccccc1)(c1ccccc1)c1ccccc1)CC(=O)O. The van der Waals surface area contributed by atoms with Gasteiger partial charge in [-0.1, -0.05) is 0 Å². The summed E-state index contributed by atoms with van der Waals surface area (Å²) in [7, 11) is 0. The van der Waals surface area contributed by atoms with Crippen LogP contribution in [0.15, 0.2) is 91.0 Å². The van der Waals surface area contributed by atoms with E-state index in [-0.39, 0.29) is 11.8 Å². The van der Waals surface area contributed by atoms with E-state index in [0.717, 1.165) is 12.6 Å². The van der Waals surface area contributed by atoms with Crippen molar-refractivity contribution in [2.75, 3.05) is 6.16 Å². The molecule has 29 heavy (non-hydrogen) atoms. The van der Waals surface area contributed by atoms with E-state index in [4.69, 9.17) is 0 Å². The van der Waals surface area contributed by atoms with Crippen LogP contribution in [0.4, 0.5) is 0 Å². The predicted molar refractivity (Wildman–Crippen MR) is 130 cm³/mol. The fourth-order valence-corrected chi connectivity index (χ4v) is 11.8. The van der Waals surface area contributed by atoms with Crippen molar-refractivity contribution in [1.82, 2.24) is 0 Å². The van der Waals surface area contributed by atoms with Crippen LogP contribution in [0.5, 0.6) is 0 Å². The molecule has 0 aromatic heterocycles. The molecule has 4 heteroatoms. The topological polar surface area (TPSA) is 37.3 Å². The zero-order valence-electron chi connectivity index (χ0n) is 17.0. The Hall–Kier alpha value is -1.96. The van der Waals surface area contributed by atoms with E-state index in [9.17, 15) is 9.90 Å². The third-order valence-electron chi connectivity index (χ3n) is 5.72. The number of hydrogen-bond donors (Lipinski definition) is 1. The van der Waals surface area contributed by atoms with Gasteiger partial charge in [0.2, 0.25) is 0 Å². The van der Waals surface area contributed by atoms with Gasteiger partial charge < -0.3 is 0 Å². The Kier molecular flexibility index (Phi) is 6.31. The van der Waals surface area contributed by atoms with Crippen molar-refractivity contribution in [2.24, 2.45) is 5.41 Å². The molecule has 0 atom stereocenters. The molecule has 3 rings (SSSR count). The number of carbonyl (C=O) groups is 1. The number of hydrogen-bond acceptors (Lipinski definition) is 1. The van der Waals surface area contributed by atoms with Gasteiger partial charge in [-0.15, -0.1) is 0 Å². The van der Waals surface area contributed by atoms with Crippen LogP contribution in [0.3, 0.4) is 0 Å². The Balaban J connectivity index is 2.26. The molecular weight excluding hydrogens is 443 g/mol. The summed E-state index contributed by atoms with van der Waals surface area (Å²) < 4.78 is 0. The third kappa shape index (κ3) is 4.32. The van der Waals surface area contributed by atoms with Crippen molar-refractivity contribution in [2.45, 2.75) is 26.7 Å². The standard InChI is InChI=1S/C25H28BrO2P/c1-25(2,20-24(27)28)18-19-29(26,21-12-6-3-7-13-21,22-14-8-4-9-15-22)23-16-10-5-11-17-23/h3-17H,18-20H2,1-2H3,(H,27,28). The van der Waals surface area contributed by atoms with Crippen LogP contribution in [-0.2, 0) is 4.79 Å². The minimum absolute atomic E-state index is 0.158. The van der Waals surface area contributed by atoms with Gasteiger partial charge in [-0.3, -0.25) is 0 Å². The number of halogens is 1. The van der Waals surface area contributed by atoms with Crippen molar-refractivity contribution in [3.63, 3.8) is 0 Å². The molecule has 1 N–H and O–H groups in total. The Morgan fingerprint density at radius 2 is 1.14 bits per heavy atom. The molecule has 3 aromatic rings. The minimum atomic E-state index is -2.98. The Morgan fingerprint density at radius 1 is 0.793 bits per heavy atom. The second-order valence-electron chi connectivity index (χ2n) is 8.40. The molecule has 0 saturated carbocycles. The second kappa shape index (κ2) is 8.42. The van der Waals surface area contributed by atoms with Crippen LogP contribution in [0, 0.1) is 5.41 Å². The Labute approximate surface area is 181 Å². The molecule has 0 spiro atoms. The Bertz CT molecular complexity index is 856. The third-order valence-corrected chi connectivity index (χ3v) is 15.7. The molecule has 0 bridgehead atoms. The van der Waals surface area contributed by atoms with Crippen molar-refractivity contribution < 1.29 is 9.90 Å². The van der Waals surface area contributed by atoms with E-state index in [1.807, 2.05) is 18.2 Å². The molecule has 0 radical (unpaired) electrons. The van der Waals surface area contributed by atoms with Crippen LogP contribution in [0.2, 0.25) is 0 Å². The van der Waals surface area contributed by atoms with E-state index >= 15 is 0 Å². The summed E-state index contributed by atoms with van der Waals surface area (Å²) in [6, 6.07) is 31.9. The summed E-state index contributed by atoms with van der Waals surface area (Å²) in [6.45, 7) is 4.10. The zero-order chi connectivity index (χ0) is 21.0. The van der Waals surface area contributed by atoms with Crippen LogP contribution in [-0.4, -0.2) is 17.2 Å². The average molecular weight is 471 g/mol. The molecule has 0 aliphatic heterocycles. The summed E-state index contributed by atoms with van der Waals surface area (Å²) in [4.78, 5) is 11.4. The maximum atomic E-state index is 11.4.